The molecular formula is C8H15N5. The average molecular weight is 181 g/mol. The predicted octanol–water partition coefficient (Wildman–Crippen LogP) is -0.00790. The fraction of sp³-hybridized carbons (Fsp3) is 0.750. The minimum absolute atomic E-state index is 0.315. The van der Waals surface area contributed by atoms with Crippen molar-refractivity contribution in [2.75, 3.05) is 5.73 Å². The van der Waals surface area contributed by atoms with E-state index >= 15 is 0 Å². The average Bonchev–Trinajstić information content (AvgIpc) is 2.61. The van der Waals surface area contributed by atoms with E-state index in [9.17, 15) is 0 Å². The Kier molecular flexibility index (Phi) is 1.95. The number of rotatable bonds is 1. The minimum Gasteiger partial charge on any atom is -0.368 e. The van der Waals surface area contributed by atoms with Gasteiger partial charge < -0.3 is 11.5 Å². The molecule has 1 fully saturated rings. The fourth-order valence-electron chi connectivity index (χ4n) is 1.84. The Morgan fingerprint density at radius 2 is 2.23 bits per heavy atom. The third-order valence-electron chi connectivity index (χ3n) is 2.65. The number of nitrogen functional groups attached to an aromatic ring is 1. The van der Waals surface area contributed by atoms with Crippen LogP contribution in [0.25, 0.3) is 0 Å². The quantitative estimate of drug-likeness (QED) is 0.638. The van der Waals surface area contributed by atoms with Gasteiger partial charge in [0.15, 0.2) is 5.82 Å². The van der Waals surface area contributed by atoms with Crippen molar-refractivity contribution in [2.24, 2.45) is 12.8 Å². The number of aromatic nitrogens is 3. The molecule has 1 heterocycles. The number of nitrogens with two attached hydrogens (primary N) is 2. The maximum absolute atomic E-state index is 5.81. The summed E-state index contributed by atoms with van der Waals surface area (Å²) in [5.74, 6) is 1.75. The van der Waals surface area contributed by atoms with Gasteiger partial charge in [0.05, 0.1) is 0 Å². The van der Waals surface area contributed by atoms with Gasteiger partial charge in [0, 0.05) is 19.0 Å². The Balaban J connectivity index is 2.17. The molecule has 13 heavy (non-hydrogen) atoms. The van der Waals surface area contributed by atoms with Crippen molar-refractivity contribution in [1.82, 2.24) is 14.8 Å². The Labute approximate surface area is 77.1 Å². The maximum Gasteiger partial charge on any atom is 0.218 e. The molecule has 1 aromatic heterocycles. The number of nitrogens with zero attached hydrogens (tertiary/aromatic N) is 3. The highest BCUT2D eigenvalue weighted by Crippen LogP contribution is 2.31. The molecule has 5 heteroatoms. The smallest absolute Gasteiger partial charge is 0.218 e. The predicted molar refractivity (Wildman–Crippen MR) is 50.0 cm³/mol. The Morgan fingerprint density at radius 3 is 2.69 bits per heavy atom. The van der Waals surface area contributed by atoms with Crippen LogP contribution in [-0.2, 0) is 7.05 Å². The molecule has 72 valence electrons. The third-order valence-corrected chi connectivity index (χ3v) is 2.65. The normalized spacial score (nSPS) is 28.2. The van der Waals surface area contributed by atoms with E-state index in [0.29, 0.717) is 17.9 Å². The summed E-state index contributed by atoms with van der Waals surface area (Å²) in [6.45, 7) is 0. The van der Waals surface area contributed by atoms with Gasteiger partial charge in [-0.2, -0.15) is 10.1 Å². The van der Waals surface area contributed by atoms with Crippen molar-refractivity contribution in [3.63, 3.8) is 0 Å². The first-order valence-electron chi connectivity index (χ1n) is 4.59. The van der Waals surface area contributed by atoms with Crippen LogP contribution in [0.3, 0.4) is 0 Å². The van der Waals surface area contributed by atoms with Gasteiger partial charge in [0.2, 0.25) is 5.95 Å². The lowest BCUT2D eigenvalue weighted by molar-refractivity contribution is 0.630. The largest absolute Gasteiger partial charge is 0.368 e. The Morgan fingerprint density at radius 1 is 1.46 bits per heavy atom. The van der Waals surface area contributed by atoms with E-state index < -0.39 is 0 Å². The standard InChI is InChI=1S/C8H15N5/c1-13-8(10)11-7(12-13)5-2-3-6(9)4-5/h5-6H,2-4,9H2,1H3,(H2,10,11,12)/t5-,6+/m1/s1. The molecule has 2 atom stereocenters. The summed E-state index contributed by atoms with van der Waals surface area (Å²) in [4.78, 5) is 4.20. The monoisotopic (exact) mass is 181 g/mol. The Bertz CT molecular complexity index is 286. The molecule has 0 aliphatic heterocycles. The molecule has 0 amide bonds. The van der Waals surface area contributed by atoms with Crippen LogP contribution in [-0.4, -0.2) is 20.8 Å². The lowest BCUT2D eigenvalue weighted by Crippen LogP contribution is -2.14. The van der Waals surface area contributed by atoms with Crippen LogP contribution in [0.5, 0.6) is 0 Å². The van der Waals surface area contributed by atoms with Crippen molar-refractivity contribution in [3.05, 3.63) is 5.82 Å². The second-order valence-corrected chi connectivity index (χ2v) is 3.72. The van der Waals surface area contributed by atoms with Crippen LogP contribution in [0.2, 0.25) is 0 Å². The van der Waals surface area contributed by atoms with E-state index in [1.165, 1.54) is 0 Å². The van der Waals surface area contributed by atoms with E-state index in [-0.39, 0.29) is 0 Å². The van der Waals surface area contributed by atoms with Crippen molar-refractivity contribution < 1.29 is 0 Å². The highest BCUT2D eigenvalue weighted by atomic mass is 15.4. The van der Waals surface area contributed by atoms with Crippen LogP contribution >= 0.6 is 0 Å². The number of hydrogen-bond acceptors (Lipinski definition) is 4. The van der Waals surface area contributed by atoms with Gasteiger partial charge in [-0.1, -0.05) is 0 Å². The third kappa shape index (κ3) is 1.51. The summed E-state index contributed by atoms with van der Waals surface area (Å²) in [5, 5.41) is 4.25. The van der Waals surface area contributed by atoms with Gasteiger partial charge in [-0.3, -0.25) is 0 Å². The summed E-state index contributed by atoms with van der Waals surface area (Å²) >= 11 is 0. The summed E-state index contributed by atoms with van der Waals surface area (Å²) in [6, 6.07) is 0.315. The van der Waals surface area contributed by atoms with Crippen LogP contribution in [0.15, 0.2) is 0 Å². The minimum atomic E-state index is 0.315. The highest BCUT2D eigenvalue weighted by molar-refractivity contribution is 5.17. The van der Waals surface area contributed by atoms with Crippen molar-refractivity contribution >= 4 is 5.95 Å². The van der Waals surface area contributed by atoms with Crippen molar-refractivity contribution in [3.8, 4) is 0 Å². The molecule has 0 radical (unpaired) electrons. The zero-order valence-corrected chi connectivity index (χ0v) is 7.77. The van der Waals surface area contributed by atoms with Gasteiger partial charge in [0.25, 0.3) is 0 Å². The molecule has 1 aliphatic carbocycles. The molecule has 1 aromatic rings. The van der Waals surface area contributed by atoms with E-state index in [1.54, 1.807) is 11.7 Å². The van der Waals surface area contributed by atoms with E-state index in [2.05, 4.69) is 10.1 Å². The zero-order valence-electron chi connectivity index (χ0n) is 7.77. The number of anilines is 1. The van der Waals surface area contributed by atoms with Gasteiger partial charge in [-0.25, -0.2) is 4.68 Å². The van der Waals surface area contributed by atoms with E-state index in [0.717, 1.165) is 25.1 Å². The van der Waals surface area contributed by atoms with Crippen LogP contribution < -0.4 is 11.5 Å². The molecule has 0 unspecified atom stereocenters. The van der Waals surface area contributed by atoms with Gasteiger partial charge in [-0.15, -0.1) is 0 Å². The highest BCUT2D eigenvalue weighted by Gasteiger charge is 2.26. The Hall–Kier alpha value is -1.10. The van der Waals surface area contributed by atoms with Crippen LogP contribution in [0, 0.1) is 0 Å². The van der Waals surface area contributed by atoms with Gasteiger partial charge in [-0.05, 0) is 19.3 Å². The van der Waals surface area contributed by atoms with E-state index in [4.69, 9.17) is 11.5 Å². The SMILES string of the molecule is Cn1nc([C@@H]2CC[C@H](N)C2)nc1N. The second kappa shape index (κ2) is 2.99. The molecule has 0 bridgehead atoms. The molecule has 1 saturated carbocycles. The van der Waals surface area contributed by atoms with Crippen molar-refractivity contribution in [2.45, 2.75) is 31.2 Å². The molecular weight excluding hydrogens is 166 g/mol. The number of hydrogen-bond donors (Lipinski definition) is 2. The first-order valence-corrected chi connectivity index (χ1v) is 4.59. The molecule has 0 spiro atoms. The van der Waals surface area contributed by atoms with Gasteiger partial charge in [0.1, 0.15) is 0 Å². The maximum atomic E-state index is 5.81. The molecule has 4 N–H and O–H groups in total. The summed E-state index contributed by atoms with van der Waals surface area (Å²) in [6.07, 6.45) is 3.15. The van der Waals surface area contributed by atoms with E-state index in [1.807, 2.05) is 0 Å². The lowest BCUT2D eigenvalue weighted by Gasteiger charge is -2.02. The van der Waals surface area contributed by atoms with Crippen LogP contribution in [0.4, 0.5) is 5.95 Å². The molecule has 0 aromatic carbocycles. The second-order valence-electron chi connectivity index (χ2n) is 3.72. The first kappa shape index (κ1) is 8.50. The number of aryl methyl sites for hydroxylation is 1. The molecule has 2 rings (SSSR count). The van der Waals surface area contributed by atoms with Gasteiger partial charge >= 0.3 is 0 Å². The fourth-order valence-corrected chi connectivity index (χ4v) is 1.84. The van der Waals surface area contributed by atoms with Crippen LogP contribution in [0.1, 0.15) is 31.0 Å². The first-order chi connectivity index (χ1) is 6.16. The zero-order chi connectivity index (χ0) is 9.42. The summed E-state index contributed by atoms with van der Waals surface area (Å²) in [5.41, 5.74) is 11.4. The van der Waals surface area contributed by atoms with Crippen molar-refractivity contribution in [1.29, 1.82) is 0 Å². The topological polar surface area (TPSA) is 82.8 Å². The molecule has 5 nitrogen and oxygen atoms in total. The summed E-state index contributed by atoms with van der Waals surface area (Å²) in [7, 11) is 1.81. The molecule has 0 saturated heterocycles. The lowest BCUT2D eigenvalue weighted by atomic mass is 10.1. The molecule has 1 aliphatic rings. The summed E-state index contributed by atoms with van der Waals surface area (Å²) < 4.78 is 1.61.